The van der Waals surface area contributed by atoms with Gasteiger partial charge in [0, 0.05) is 6.20 Å². The molecule has 3 aromatic rings. The number of hydrogen-bond acceptors (Lipinski definition) is 2. The monoisotopic (exact) mass is 321 g/mol. The summed E-state index contributed by atoms with van der Waals surface area (Å²) in [5, 5.41) is 9.51. The summed E-state index contributed by atoms with van der Waals surface area (Å²) in [6, 6.07) is 18.7. The van der Waals surface area contributed by atoms with Crippen LogP contribution in [0.1, 0.15) is 24.1 Å². The summed E-state index contributed by atoms with van der Waals surface area (Å²) in [7, 11) is 0. The Morgan fingerprint density at radius 1 is 1.04 bits per heavy atom. The van der Waals surface area contributed by atoms with Crippen molar-refractivity contribution >= 4 is 33.9 Å². The minimum Gasteiger partial charge on any atom is -0.356 e. The SMILES string of the molecule is Cc1ccc(NC(=S)N[C@@H](C)c2cccc3ccccc23)nc1. The summed E-state index contributed by atoms with van der Waals surface area (Å²) in [5.41, 5.74) is 2.35. The van der Waals surface area contributed by atoms with Crippen LogP contribution in [0.15, 0.2) is 60.8 Å². The number of pyridine rings is 1. The molecule has 0 spiro atoms. The van der Waals surface area contributed by atoms with E-state index in [-0.39, 0.29) is 6.04 Å². The molecule has 0 saturated carbocycles. The molecule has 3 nitrogen and oxygen atoms in total. The second kappa shape index (κ2) is 6.75. The number of hydrogen-bond donors (Lipinski definition) is 2. The number of aryl methyl sites for hydroxylation is 1. The zero-order valence-corrected chi connectivity index (χ0v) is 14.0. The van der Waals surface area contributed by atoms with Gasteiger partial charge in [0.2, 0.25) is 0 Å². The zero-order valence-electron chi connectivity index (χ0n) is 13.2. The molecular formula is C19H19N3S. The molecule has 0 fully saturated rings. The molecule has 0 amide bonds. The lowest BCUT2D eigenvalue weighted by Crippen LogP contribution is -2.31. The molecule has 1 aromatic heterocycles. The van der Waals surface area contributed by atoms with E-state index in [1.165, 1.54) is 16.3 Å². The maximum absolute atomic E-state index is 5.41. The first kappa shape index (κ1) is 15.4. The summed E-state index contributed by atoms with van der Waals surface area (Å²) in [6.07, 6.45) is 1.82. The lowest BCUT2D eigenvalue weighted by molar-refractivity contribution is 0.728. The van der Waals surface area contributed by atoms with Crippen molar-refractivity contribution in [2.45, 2.75) is 19.9 Å². The first-order valence-electron chi connectivity index (χ1n) is 7.61. The van der Waals surface area contributed by atoms with E-state index in [1.807, 2.05) is 25.3 Å². The van der Waals surface area contributed by atoms with E-state index < -0.39 is 0 Å². The summed E-state index contributed by atoms with van der Waals surface area (Å²) in [6.45, 7) is 4.12. The lowest BCUT2D eigenvalue weighted by Gasteiger charge is -2.19. The van der Waals surface area contributed by atoms with Gasteiger partial charge in [-0.1, -0.05) is 48.5 Å². The molecule has 0 saturated heterocycles. The van der Waals surface area contributed by atoms with Crippen LogP contribution in [0.2, 0.25) is 0 Å². The van der Waals surface area contributed by atoms with Crippen molar-refractivity contribution in [1.29, 1.82) is 0 Å². The number of nitrogens with one attached hydrogen (secondary N) is 2. The fraction of sp³-hybridized carbons (Fsp3) is 0.158. The number of benzene rings is 2. The molecule has 2 N–H and O–H groups in total. The Morgan fingerprint density at radius 3 is 2.61 bits per heavy atom. The maximum atomic E-state index is 5.41. The van der Waals surface area contributed by atoms with Gasteiger partial charge in [0.25, 0.3) is 0 Å². The fourth-order valence-electron chi connectivity index (χ4n) is 2.60. The van der Waals surface area contributed by atoms with Gasteiger partial charge in [0.15, 0.2) is 5.11 Å². The minimum atomic E-state index is 0.103. The van der Waals surface area contributed by atoms with Gasteiger partial charge in [0.05, 0.1) is 6.04 Å². The van der Waals surface area contributed by atoms with Gasteiger partial charge in [-0.15, -0.1) is 0 Å². The van der Waals surface area contributed by atoms with E-state index in [9.17, 15) is 0 Å². The Kier molecular flexibility index (Phi) is 4.53. The third kappa shape index (κ3) is 3.66. The van der Waals surface area contributed by atoms with E-state index in [0.29, 0.717) is 5.11 Å². The first-order chi connectivity index (χ1) is 11.1. The van der Waals surface area contributed by atoms with Crippen molar-refractivity contribution in [3.05, 3.63) is 71.9 Å². The van der Waals surface area contributed by atoms with Gasteiger partial charge in [0.1, 0.15) is 5.82 Å². The number of rotatable bonds is 3. The van der Waals surface area contributed by atoms with Crippen molar-refractivity contribution in [3.63, 3.8) is 0 Å². The standard InChI is InChI=1S/C19H19N3S/c1-13-10-11-18(20-12-13)22-19(23)21-14(2)16-9-5-7-15-6-3-4-8-17(15)16/h3-12,14H,1-2H3,(H2,20,21,22,23)/t14-/m0/s1. The van der Waals surface area contributed by atoms with Crippen LogP contribution in [0.3, 0.4) is 0 Å². The number of nitrogens with zero attached hydrogens (tertiary/aromatic N) is 1. The van der Waals surface area contributed by atoms with Crippen LogP contribution in [0.4, 0.5) is 5.82 Å². The van der Waals surface area contributed by atoms with Crippen molar-refractivity contribution in [3.8, 4) is 0 Å². The predicted octanol–water partition coefficient (Wildman–Crippen LogP) is 4.59. The number of thiocarbonyl (C=S) groups is 1. The van der Waals surface area contributed by atoms with E-state index in [1.54, 1.807) is 0 Å². The summed E-state index contributed by atoms with van der Waals surface area (Å²) in [4.78, 5) is 4.31. The van der Waals surface area contributed by atoms with E-state index in [2.05, 4.69) is 65.0 Å². The molecule has 23 heavy (non-hydrogen) atoms. The Balaban J connectivity index is 1.74. The topological polar surface area (TPSA) is 37.0 Å². The van der Waals surface area contributed by atoms with Gasteiger partial charge in [-0.3, -0.25) is 0 Å². The van der Waals surface area contributed by atoms with Gasteiger partial charge < -0.3 is 10.6 Å². The number of aromatic nitrogens is 1. The number of anilines is 1. The molecule has 3 rings (SSSR count). The highest BCUT2D eigenvalue weighted by Crippen LogP contribution is 2.24. The highest BCUT2D eigenvalue weighted by atomic mass is 32.1. The van der Waals surface area contributed by atoms with Crippen molar-refractivity contribution in [1.82, 2.24) is 10.3 Å². The largest absolute Gasteiger partial charge is 0.356 e. The zero-order chi connectivity index (χ0) is 16.2. The second-order valence-corrected chi connectivity index (χ2v) is 6.02. The average molecular weight is 321 g/mol. The molecule has 0 unspecified atom stereocenters. The smallest absolute Gasteiger partial charge is 0.172 e. The molecule has 0 aliphatic heterocycles. The van der Waals surface area contributed by atoms with Crippen molar-refractivity contribution in [2.75, 3.05) is 5.32 Å². The van der Waals surface area contributed by atoms with Gasteiger partial charge in [-0.05, 0) is 54.0 Å². The van der Waals surface area contributed by atoms with E-state index in [0.717, 1.165) is 11.4 Å². The average Bonchev–Trinajstić information content (AvgIpc) is 2.56. The summed E-state index contributed by atoms with van der Waals surface area (Å²) in [5.74, 6) is 0.748. The molecule has 0 aliphatic carbocycles. The minimum absolute atomic E-state index is 0.103. The molecule has 116 valence electrons. The van der Waals surface area contributed by atoms with Gasteiger partial charge in [-0.2, -0.15) is 0 Å². The normalized spacial score (nSPS) is 11.9. The third-order valence-corrected chi connectivity index (χ3v) is 4.01. The van der Waals surface area contributed by atoms with Crippen LogP contribution in [0.25, 0.3) is 10.8 Å². The Labute approximate surface area is 141 Å². The molecule has 1 atom stereocenters. The van der Waals surface area contributed by atoms with Crippen LogP contribution < -0.4 is 10.6 Å². The summed E-state index contributed by atoms with van der Waals surface area (Å²) < 4.78 is 0. The Hall–Kier alpha value is -2.46. The predicted molar refractivity (Wildman–Crippen MR) is 101 cm³/mol. The number of fused-ring (bicyclic) bond motifs is 1. The van der Waals surface area contributed by atoms with Crippen LogP contribution in [0, 0.1) is 6.92 Å². The quantitative estimate of drug-likeness (QED) is 0.692. The Bertz CT molecular complexity index is 822. The second-order valence-electron chi connectivity index (χ2n) is 5.61. The molecule has 4 heteroatoms. The molecular weight excluding hydrogens is 302 g/mol. The summed E-state index contributed by atoms with van der Waals surface area (Å²) >= 11 is 5.41. The molecule has 0 bridgehead atoms. The maximum Gasteiger partial charge on any atom is 0.172 e. The molecule has 0 aliphatic rings. The fourth-order valence-corrected chi connectivity index (χ4v) is 2.88. The third-order valence-electron chi connectivity index (χ3n) is 3.79. The highest BCUT2D eigenvalue weighted by molar-refractivity contribution is 7.80. The van der Waals surface area contributed by atoms with Gasteiger partial charge >= 0.3 is 0 Å². The molecule has 2 aromatic carbocycles. The van der Waals surface area contributed by atoms with Crippen molar-refractivity contribution < 1.29 is 0 Å². The Morgan fingerprint density at radius 2 is 1.83 bits per heavy atom. The van der Waals surface area contributed by atoms with Crippen LogP contribution in [0.5, 0.6) is 0 Å². The molecule has 0 radical (unpaired) electrons. The lowest BCUT2D eigenvalue weighted by atomic mass is 10.00. The van der Waals surface area contributed by atoms with E-state index in [4.69, 9.17) is 12.2 Å². The van der Waals surface area contributed by atoms with Crippen LogP contribution in [-0.2, 0) is 0 Å². The van der Waals surface area contributed by atoms with Crippen molar-refractivity contribution in [2.24, 2.45) is 0 Å². The van der Waals surface area contributed by atoms with E-state index >= 15 is 0 Å². The molecule has 1 heterocycles. The van der Waals surface area contributed by atoms with Crippen LogP contribution >= 0.6 is 12.2 Å². The van der Waals surface area contributed by atoms with Gasteiger partial charge in [-0.25, -0.2) is 4.98 Å². The van der Waals surface area contributed by atoms with Crippen LogP contribution in [-0.4, -0.2) is 10.1 Å². The highest BCUT2D eigenvalue weighted by Gasteiger charge is 2.10. The first-order valence-corrected chi connectivity index (χ1v) is 8.02.